The molecule has 1 aliphatic rings. The van der Waals surface area contributed by atoms with Crippen molar-refractivity contribution in [2.75, 3.05) is 31.5 Å². The molecule has 0 bridgehead atoms. The highest BCUT2D eigenvalue weighted by atomic mass is 19.4. The van der Waals surface area contributed by atoms with Crippen LogP contribution in [0.4, 0.5) is 18.9 Å². The fraction of sp³-hybridized carbons (Fsp3) is 0.323. The molecule has 0 saturated carbocycles. The molecule has 1 saturated heterocycles. The monoisotopic (exact) mass is 521 g/mol. The zero-order chi connectivity index (χ0) is 27.1. The molecule has 3 aromatic carbocycles. The van der Waals surface area contributed by atoms with Gasteiger partial charge in [0.2, 0.25) is 0 Å². The predicted octanol–water partition coefficient (Wildman–Crippen LogP) is 6.98. The number of carbonyl (C=O) groups excluding carboxylic acids is 1. The Morgan fingerprint density at radius 2 is 1.50 bits per heavy atom. The maximum atomic E-state index is 12.9. The lowest BCUT2D eigenvalue weighted by Crippen LogP contribution is -2.30. The Balaban J connectivity index is 1.58. The van der Waals surface area contributed by atoms with Crippen molar-refractivity contribution in [3.8, 4) is 0 Å². The molecule has 0 unspecified atom stereocenters. The summed E-state index contributed by atoms with van der Waals surface area (Å²) >= 11 is 0. The number of anilines is 1. The number of alkyl halides is 3. The molecule has 0 atom stereocenters. The number of nitrogens with one attached hydrogen (secondary N) is 2. The van der Waals surface area contributed by atoms with Gasteiger partial charge in [-0.15, -0.1) is 0 Å². The van der Waals surface area contributed by atoms with Crippen LogP contribution in [-0.4, -0.2) is 37.0 Å². The van der Waals surface area contributed by atoms with Gasteiger partial charge in [0, 0.05) is 30.9 Å². The van der Waals surface area contributed by atoms with Gasteiger partial charge in [0.25, 0.3) is 5.91 Å². The van der Waals surface area contributed by atoms with E-state index in [4.69, 9.17) is 0 Å². The molecule has 1 aliphatic heterocycles. The van der Waals surface area contributed by atoms with Crippen LogP contribution in [0.5, 0.6) is 0 Å². The van der Waals surface area contributed by atoms with Gasteiger partial charge < -0.3 is 15.5 Å². The van der Waals surface area contributed by atoms with Crippen LogP contribution in [0.15, 0.2) is 78.4 Å². The first kappa shape index (κ1) is 27.5. The summed E-state index contributed by atoms with van der Waals surface area (Å²) in [7, 11) is 0. The molecule has 38 heavy (non-hydrogen) atoms. The van der Waals surface area contributed by atoms with E-state index < -0.39 is 11.7 Å². The standard InChI is InChI=1S/C31H34F3N3O/c1-3-37(4-2)30(38)25-12-10-23(11-13-25)29(24-16-18-35-19-17-24)26-6-5-7-28(20-26)36-21-22-8-14-27(15-9-22)31(32,33)34/h5-15,20,35-36H,3-4,16-19,21H2,1-2H3. The predicted molar refractivity (Wildman–Crippen MR) is 147 cm³/mol. The second kappa shape index (κ2) is 12.3. The quantitative estimate of drug-likeness (QED) is 0.336. The van der Waals surface area contributed by atoms with Gasteiger partial charge in [-0.1, -0.05) is 42.0 Å². The molecule has 1 heterocycles. The fourth-order valence-electron chi connectivity index (χ4n) is 4.83. The third-order valence-electron chi connectivity index (χ3n) is 6.96. The SMILES string of the molecule is CCN(CC)C(=O)c1ccc(C(=C2CCNCC2)c2cccc(NCc3ccc(C(F)(F)F)cc3)c2)cc1. The van der Waals surface area contributed by atoms with Crippen molar-refractivity contribution in [2.24, 2.45) is 0 Å². The molecule has 2 N–H and O–H groups in total. The molecule has 1 fully saturated rings. The van der Waals surface area contributed by atoms with Crippen LogP contribution >= 0.6 is 0 Å². The Morgan fingerprint density at radius 1 is 0.868 bits per heavy atom. The third-order valence-corrected chi connectivity index (χ3v) is 6.96. The molecule has 7 heteroatoms. The van der Waals surface area contributed by atoms with Gasteiger partial charge in [0.1, 0.15) is 0 Å². The molecule has 4 rings (SSSR count). The van der Waals surface area contributed by atoms with Gasteiger partial charge in [-0.2, -0.15) is 13.2 Å². The molecule has 0 radical (unpaired) electrons. The second-order valence-corrected chi connectivity index (χ2v) is 9.41. The van der Waals surface area contributed by atoms with E-state index >= 15 is 0 Å². The van der Waals surface area contributed by atoms with Gasteiger partial charge in [-0.05, 0) is 98.4 Å². The summed E-state index contributed by atoms with van der Waals surface area (Å²) in [6.45, 7) is 7.56. The average molecular weight is 522 g/mol. The lowest BCUT2D eigenvalue weighted by molar-refractivity contribution is -0.137. The highest BCUT2D eigenvalue weighted by molar-refractivity contribution is 5.95. The first-order valence-corrected chi connectivity index (χ1v) is 13.1. The first-order chi connectivity index (χ1) is 18.3. The summed E-state index contributed by atoms with van der Waals surface area (Å²) in [6, 6.07) is 21.2. The van der Waals surface area contributed by atoms with Crippen LogP contribution in [0.3, 0.4) is 0 Å². The number of hydrogen-bond donors (Lipinski definition) is 2. The molecule has 0 aromatic heterocycles. The number of benzene rings is 3. The van der Waals surface area contributed by atoms with Gasteiger partial charge in [-0.3, -0.25) is 4.79 Å². The molecular formula is C31H34F3N3O. The molecule has 0 spiro atoms. The Labute approximate surface area is 222 Å². The van der Waals surface area contributed by atoms with E-state index in [-0.39, 0.29) is 5.91 Å². The van der Waals surface area contributed by atoms with Gasteiger partial charge in [0.05, 0.1) is 5.56 Å². The summed E-state index contributed by atoms with van der Waals surface area (Å²) < 4.78 is 38.6. The molecule has 3 aromatic rings. The van der Waals surface area contributed by atoms with Crippen molar-refractivity contribution >= 4 is 17.2 Å². The highest BCUT2D eigenvalue weighted by Gasteiger charge is 2.29. The number of amides is 1. The number of nitrogens with zero attached hydrogens (tertiary/aromatic N) is 1. The van der Waals surface area contributed by atoms with Crippen molar-refractivity contribution in [2.45, 2.75) is 39.4 Å². The topological polar surface area (TPSA) is 44.4 Å². The van der Waals surface area contributed by atoms with Crippen molar-refractivity contribution < 1.29 is 18.0 Å². The fourth-order valence-corrected chi connectivity index (χ4v) is 4.83. The van der Waals surface area contributed by atoms with E-state index in [1.165, 1.54) is 23.3 Å². The van der Waals surface area contributed by atoms with E-state index in [1.807, 2.05) is 55.1 Å². The molecule has 1 amide bonds. The van der Waals surface area contributed by atoms with E-state index in [2.05, 4.69) is 22.8 Å². The molecule has 4 nitrogen and oxygen atoms in total. The zero-order valence-electron chi connectivity index (χ0n) is 21.9. The summed E-state index contributed by atoms with van der Waals surface area (Å²) in [4.78, 5) is 14.6. The average Bonchev–Trinajstić information content (AvgIpc) is 2.94. The lowest BCUT2D eigenvalue weighted by Gasteiger charge is -2.22. The largest absolute Gasteiger partial charge is 0.416 e. The number of piperidine rings is 1. The van der Waals surface area contributed by atoms with Gasteiger partial charge >= 0.3 is 6.18 Å². The number of hydrogen-bond acceptors (Lipinski definition) is 3. The minimum atomic E-state index is -4.34. The Morgan fingerprint density at radius 3 is 2.11 bits per heavy atom. The molecule has 0 aliphatic carbocycles. The Hall–Kier alpha value is -3.58. The van der Waals surface area contributed by atoms with E-state index in [9.17, 15) is 18.0 Å². The first-order valence-electron chi connectivity index (χ1n) is 13.1. The zero-order valence-corrected chi connectivity index (χ0v) is 21.9. The number of rotatable bonds is 8. The normalized spacial score (nSPS) is 13.8. The highest BCUT2D eigenvalue weighted by Crippen LogP contribution is 2.33. The molecule has 200 valence electrons. The van der Waals surface area contributed by atoms with Crippen LogP contribution in [0, 0.1) is 0 Å². The lowest BCUT2D eigenvalue weighted by atomic mass is 9.88. The maximum absolute atomic E-state index is 12.9. The summed E-state index contributed by atoms with van der Waals surface area (Å²) in [5.41, 5.74) is 6.37. The smallest absolute Gasteiger partial charge is 0.381 e. The van der Waals surface area contributed by atoms with E-state index in [1.54, 1.807) is 0 Å². The number of halogens is 3. The minimum absolute atomic E-state index is 0.0343. The van der Waals surface area contributed by atoms with Crippen LogP contribution in [-0.2, 0) is 12.7 Å². The van der Waals surface area contributed by atoms with Crippen molar-refractivity contribution in [3.63, 3.8) is 0 Å². The van der Waals surface area contributed by atoms with Crippen LogP contribution in [0.1, 0.15) is 59.3 Å². The maximum Gasteiger partial charge on any atom is 0.416 e. The summed E-state index contributed by atoms with van der Waals surface area (Å²) in [6.07, 6.45) is -2.45. The van der Waals surface area contributed by atoms with E-state index in [0.717, 1.165) is 60.4 Å². The number of carbonyl (C=O) groups is 1. The summed E-state index contributed by atoms with van der Waals surface area (Å²) in [5, 5.41) is 6.77. The Bertz CT molecular complexity index is 1250. The van der Waals surface area contributed by atoms with E-state index in [0.29, 0.717) is 25.2 Å². The minimum Gasteiger partial charge on any atom is -0.381 e. The van der Waals surface area contributed by atoms with Crippen LogP contribution < -0.4 is 10.6 Å². The third kappa shape index (κ3) is 6.64. The Kier molecular flexibility index (Phi) is 8.89. The van der Waals surface area contributed by atoms with Crippen molar-refractivity contribution in [1.82, 2.24) is 10.2 Å². The van der Waals surface area contributed by atoms with Crippen molar-refractivity contribution in [3.05, 3.63) is 106 Å². The van der Waals surface area contributed by atoms with Gasteiger partial charge in [0.15, 0.2) is 0 Å². The van der Waals surface area contributed by atoms with Gasteiger partial charge in [-0.25, -0.2) is 0 Å². The van der Waals surface area contributed by atoms with Crippen LogP contribution in [0.25, 0.3) is 5.57 Å². The molecular weight excluding hydrogens is 487 g/mol. The second-order valence-electron chi connectivity index (χ2n) is 9.41. The van der Waals surface area contributed by atoms with Crippen LogP contribution in [0.2, 0.25) is 0 Å². The van der Waals surface area contributed by atoms with Crippen molar-refractivity contribution in [1.29, 1.82) is 0 Å². The summed E-state index contributed by atoms with van der Waals surface area (Å²) in [5.74, 6) is 0.0343.